The first-order valence-electron chi connectivity index (χ1n) is 7.21. The summed E-state index contributed by atoms with van der Waals surface area (Å²) in [5.41, 5.74) is 1.25. The number of thiophene rings is 1. The van der Waals surface area contributed by atoms with Gasteiger partial charge in [0, 0.05) is 22.2 Å². The molecule has 0 saturated heterocycles. The fraction of sp³-hybridized carbons (Fsp3) is 0.294. The van der Waals surface area contributed by atoms with Gasteiger partial charge in [0.05, 0.1) is 19.8 Å². The molecule has 2 aromatic rings. The molecule has 0 fully saturated rings. The highest BCUT2D eigenvalue weighted by Gasteiger charge is 2.19. The Morgan fingerprint density at radius 3 is 2.67 bits per heavy atom. The third kappa shape index (κ3) is 2.90. The van der Waals surface area contributed by atoms with Crippen molar-refractivity contribution >= 4 is 11.3 Å². The average molecular weight is 300 g/mol. The molecule has 2 heterocycles. The second-order valence-electron chi connectivity index (χ2n) is 5.05. The van der Waals surface area contributed by atoms with Gasteiger partial charge in [0.1, 0.15) is 5.75 Å². The molecular weight excluding hydrogens is 280 g/mol. The second kappa shape index (κ2) is 6.22. The molecule has 3 nitrogen and oxygen atoms in total. The highest BCUT2D eigenvalue weighted by Crippen LogP contribution is 2.36. The van der Waals surface area contributed by atoms with Gasteiger partial charge < -0.3 is 15.0 Å². The summed E-state index contributed by atoms with van der Waals surface area (Å²) in [4.78, 5) is 5.07. The first-order valence-corrected chi connectivity index (χ1v) is 8.03. The number of rotatable bonds is 5. The minimum Gasteiger partial charge on any atom is -0.497 e. The molecule has 0 amide bonds. The minimum atomic E-state index is 0.452. The number of ether oxygens (including phenoxy) is 1. The number of methoxy groups -OCH3 is 1. The van der Waals surface area contributed by atoms with E-state index in [0.717, 1.165) is 18.8 Å². The molecule has 1 aliphatic rings. The topological polar surface area (TPSA) is 24.5 Å². The summed E-state index contributed by atoms with van der Waals surface area (Å²) >= 11 is 1.87. The van der Waals surface area contributed by atoms with Crippen molar-refractivity contribution in [2.45, 2.75) is 19.4 Å². The first-order chi connectivity index (χ1) is 10.3. The van der Waals surface area contributed by atoms with E-state index in [-0.39, 0.29) is 0 Å². The first kappa shape index (κ1) is 14.0. The molecule has 1 N–H and O–H groups in total. The van der Waals surface area contributed by atoms with Crippen molar-refractivity contribution in [3.05, 3.63) is 53.7 Å². The van der Waals surface area contributed by atoms with E-state index in [2.05, 4.69) is 47.6 Å². The molecule has 1 unspecified atom stereocenters. The molecule has 1 aromatic heterocycles. The zero-order valence-electron chi connectivity index (χ0n) is 12.4. The summed E-state index contributed by atoms with van der Waals surface area (Å²) in [5, 5.41) is 3.24. The third-order valence-corrected chi connectivity index (χ3v) is 5.01. The van der Waals surface area contributed by atoms with Gasteiger partial charge in [-0.3, -0.25) is 0 Å². The van der Waals surface area contributed by atoms with Crippen LogP contribution in [-0.2, 0) is 0 Å². The molecule has 1 aromatic carbocycles. The summed E-state index contributed by atoms with van der Waals surface area (Å²) < 4.78 is 5.22. The molecule has 0 spiro atoms. The van der Waals surface area contributed by atoms with E-state index >= 15 is 0 Å². The molecule has 4 heteroatoms. The zero-order chi connectivity index (χ0) is 14.7. The maximum atomic E-state index is 5.22. The summed E-state index contributed by atoms with van der Waals surface area (Å²) in [6.07, 6.45) is 5.26. The number of nitrogens with one attached hydrogen (secondary N) is 1. The van der Waals surface area contributed by atoms with Crippen molar-refractivity contribution in [3.8, 4) is 16.2 Å². The van der Waals surface area contributed by atoms with Crippen molar-refractivity contribution in [1.29, 1.82) is 0 Å². The van der Waals surface area contributed by atoms with Crippen LogP contribution >= 0.6 is 11.3 Å². The Hall–Kier alpha value is -1.94. The fourth-order valence-corrected chi connectivity index (χ4v) is 3.83. The predicted octanol–water partition coefficient (Wildman–Crippen LogP) is 4.21. The van der Waals surface area contributed by atoms with E-state index in [0.29, 0.717) is 6.04 Å². The van der Waals surface area contributed by atoms with Gasteiger partial charge in [-0.15, -0.1) is 11.3 Å². The standard InChI is InChI=1S/C17H20N2OS/c1-3-15(19-11-10-18-12-19)17-9-8-16(21-17)13-4-6-14(20-2)7-5-13/h4-11,15,18H,3,12H2,1-2H3. The highest BCUT2D eigenvalue weighted by molar-refractivity contribution is 7.15. The van der Waals surface area contributed by atoms with Crippen molar-refractivity contribution < 1.29 is 4.74 Å². The summed E-state index contributed by atoms with van der Waals surface area (Å²) in [6, 6.07) is 13.2. The average Bonchev–Trinajstić information content (AvgIpc) is 3.20. The van der Waals surface area contributed by atoms with E-state index in [9.17, 15) is 0 Å². The van der Waals surface area contributed by atoms with Crippen LogP contribution in [0, 0.1) is 0 Å². The quantitative estimate of drug-likeness (QED) is 0.895. The van der Waals surface area contributed by atoms with Gasteiger partial charge in [-0.05, 0) is 48.4 Å². The van der Waals surface area contributed by atoms with Crippen LogP contribution in [0.15, 0.2) is 48.8 Å². The lowest BCUT2D eigenvalue weighted by Crippen LogP contribution is -2.24. The van der Waals surface area contributed by atoms with Crippen LogP contribution in [0.3, 0.4) is 0 Å². The van der Waals surface area contributed by atoms with E-state index in [4.69, 9.17) is 4.74 Å². The monoisotopic (exact) mass is 300 g/mol. The molecule has 0 saturated carbocycles. The number of hydrogen-bond donors (Lipinski definition) is 1. The van der Waals surface area contributed by atoms with Crippen LogP contribution in [0.5, 0.6) is 5.75 Å². The molecule has 21 heavy (non-hydrogen) atoms. The van der Waals surface area contributed by atoms with E-state index in [1.165, 1.54) is 15.3 Å². The zero-order valence-corrected chi connectivity index (χ0v) is 13.2. The van der Waals surface area contributed by atoms with Gasteiger partial charge in [0.2, 0.25) is 0 Å². The lowest BCUT2D eigenvalue weighted by Gasteiger charge is -2.25. The minimum absolute atomic E-state index is 0.452. The summed E-state index contributed by atoms with van der Waals surface area (Å²) in [5.74, 6) is 0.898. The molecule has 1 atom stereocenters. The molecule has 0 bridgehead atoms. The van der Waals surface area contributed by atoms with Gasteiger partial charge in [0.15, 0.2) is 0 Å². The number of benzene rings is 1. The van der Waals surface area contributed by atoms with E-state index in [1.807, 2.05) is 29.7 Å². The van der Waals surface area contributed by atoms with Crippen molar-refractivity contribution in [3.63, 3.8) is 0 Å². The lowest BCUT2D eigenvalue weighted by molar-refractivity contribution is 0.288. The van der Waals surface area contributed by atoms with Crippen molar-refractivity contribution in [2.75, 3.05) is 13.8 Å². The van der Waals surface area contributed by atoms with Gasteiger partial charge in [0.25, 0.3) is 0 Å². The Labute approximate surface area is 129 Å². The SMILES string of the molecule is CCC(c1ccc(-c2ccc(OC)cc2)s1)N1C=CNC1. The lowest BCUT2D eigenvalue weighted by atomic mass is 10.1. The molecule has 110 valence electrons. The molecule has 3 rings (SSSR count). The van der Waals surface area contributed by atoms with Crippen LogP contribution < -0.4 is 10.1 Å². The largest absolute Gasteiger partial charge is 0.497 e. The number of hydrogen-bond acceptors (Lipinski definition) is 4. The summed E-state index contributed by atoms with van der Waals surface area (Å²) in [7, 11) is 1.70. The second-order valence-corrected chi connectivity index (χ2v) is 6.16. The number of nitrogens with zero attached hydrogens (tertiary/aromatic N) is 1. The highest BCUT2D eigenvalue weighted by atomic mass is 32.1. The van der Waals surface area contributed by atoms with Crippen molar-refractivity contribution in [2.24, 2.45) is 0 Å². The Balaban J connectivity index is 1.82. The molecule has 0 radical (unpaired) electrons. The van der Waals surface area contributed by atoms with Crippen LogP contribution in [0.1, 0.15) is 24.3 Å². The van der Waals surface area contributed by atoms with Crippen LogP contribution in [0.2, 0.25) is 0 Å². The van der Waals surface area contributed by atoms with Crippen LogP contribution in [-0.4, -0.2) is 18.7 Å². The third-order valence-electron chi connectivity index (χ3n) is 3.77. The Bertz CT molecular complexity index is 618. The van der Waals surface area contributed by atoms with Gasteiger partial charge in [-0.2, -0.15) is 0 Å². The summed E-state index contributed by atoms with van der Waals surface area (Å²) in [6.45, 7) is 3.14. The Morgan fingerprint density at radius 2 is 2.05 bits per heavy atom. The van der Waals surface area contributed by atoms with Gasteiger partial charge in [-0.1, -0.05) is 6.92 Å². The molecule has 0 aliphatic carbocycles. The van der Waals surface area contributed by atoms with Gasteiger partial charge >= 0.3 is 0 Å². The van der Waals surface area contributed by atoms with Crippen LogP contribution in [0.4, 0.5) is 0 Å². The van der Waals surface area contributed by atoms with Crippen molar-refractivity contribution in [1.82, 2.24) is 10.2 Å². The Kier molecular flexibility index (Phi) is 4.15. The van der Waals surface area contributed by atoms with E-state index < -0.39 is 0 Å². The molecular formula is C17H20N2OS. The van der Waals surface area contributed by atoms with Crippen LogP contribution in [0.25, 0.3) is 10.4 Å². The van der Waals surface area contributed by atoms with E-state index in [1.54, 1.807) is 7.11 Å². The Morgan fingerprint density at radius 1 is 1.24 bits per heavy atom. The normalized spacial score (nSPS) is 15.0. The van der Waals surface area contributed by atoms with Gasteiger partial charge in [-0.25, -0.2) is 0 Å². The maximum absolute atomic E-state index is 5.22. The predicted molar refractivity (Wildman–Crippen MR) is 88.3 cm³/mol. The fourth-order valence-electron chi connectivity index (χ4n) is 2.61. The molecule has 1 aliphatic heterocycles. The maximum Gasteiger partial charge on any atom is 0.118 e. The smallest absolute Gasteiger partial charge is 0.118 e.